The maximum Gasteiger partial charge on any atom is 0.418 e. The summed E-state index contributed by atoms with van der Waals surface area (Å²) in [6.45, 7) is 5.01. The van der Waals surface area contributed by atoms with Gasteiger partial charge in [0.2, 0.25) is 0 Å². The second kappa shape index (κ2) is 14.3. The lowest BCUT2D eigenvalue weighted by Crippen LogP contribution is -2.76. The van der Waals surface area contributed by atoms with Crippen molar-refractivity contribution in [3.05, 3.63) is 40.4 Å². The van der Waals surface area contributed by atoms with Crippen molar-refractivity contribution in [2.75, 3.05) is 25.4 Å². The molecule has 1 saturated heterocycles. The number of β-lactam (4-membered cyclic amide) rings is 1. The van der Waals surface area contributed by atoms with Gasteiger partial charge in [0.25, 0.3) is 17.4 Å². The Bertz CT molecular complexity index is 1870. The van der Waals surface area contributed by atoms with Crippen LogP contribution in [0.2, 0.25) is 0 Å². The standard InChI is InChI=1S/C30H40N8O11S2/c1-28(2)22(25(41)38(28)49-51(44,45)46)35-24(40)21(18-14-50-27(32)34-18)37-48-29(3,26(42)43)20-8-6-16-13-17(5-7-19(16)47-20)23-33-15-30(36-23,10-12-39)9-4-11-31/h5,7,13-14,20,22,39H,4,6,8-12,15,31H2,1-3H3,(H2,32,34)(H,33,36)(H,35,40)(H,42,43)(H,44,45,46)/b37-21-/t20-,22-,29+,30-/m1/s1. The molecule has 5 rings (SSSR count). The van der Waals surface area contributed by atoms with Crippen LogP contribution < -0.4 is 26.8 Å². The third-order valence-electron chi connectivity index (χ3n) is 9.12. The van der Waals surface area contributed by atoms with Gasteiger partial charge in [-0.3, -0.25) is 19.1 Å². The predicted octanol–water partition coefficient (Wildman–Crippen LogP) is -0.267. The van der Waals surface area contributed by atoms with E-state index in [4.69, 9.17) is 25.6 Å². The summed E-state index contributed by atoms with van der Waals surface area (Å²) < 4.78 is 41.8. The van der Waals surface area contributed by atoms with E-state index in [2.05, 4.69) is 30.0 Å². The van der Waals surface area contributed by atoms with E-state index in [0.29, 0.717) is 42.6 Å². The van der Waals surface area contributed by atoms with Gasteiger partial charge in [0.15, 0.2) is 16.9 Å². The van der Waals surface area contributed by atoms with Crippen LogP contribution in [0, 0.1) is 0 Å². The zero-order valence-corrected chi connectivity index (χ0v) is 29.6. The molecule has 19 nitrogen and oxygen atoms in total. The molecule has 4 atom stereocenters. The summed E-state index contributed by atoms with van der Waals surface area (Å²) in [5, 5.41) is 31.6. The largest absolute Gasteiger partial charge is 0.485 e. The van der Waals surface area contributed by atoms with Crippen LogP contribution in [-0.2, 0) is 40.3 Å². The maximum absolute atomic E-state index is 13.5. The number of aliphatic imine (C=N–C) groups is 1. The number of carboxylic acid groups (broad SMARTS) is 1. The average Bonchev–Trinajstić information content (AvgIpc) is 3.70. The highest BCUT2D eigenvalue weighted by molar-refractivity contribution is 7.80. The highest BCUT2D eigenvalue weighted by Crippen LogP contribution is 2.36. The minimum atomic E-state index is -5.04. The van der Waals surface area contributed by atoms with Crippen LogP contribution in [-0.4, -0.2) is 111 Å². The minimum Gasteiger partial charge on any atom is -0.485 e. The Morgan fingerprint density at radius 2 is 2.06 bits per heavy atom. The van der Waals surface area contributed by atoms with Crippen molar-refractivity contribution in [1.29, 1.82) is 0 Å². The second-order valence-electron chi connectivity index (χ2n) is 13.1. The minimum absolute atomic E-state index is 0.00443. The molecule has 51 heavy (non-hydrogen) atoms. The molecule has 1 aromatic carbocycles. The topological polar surface area (TPSA) is 291 Å². The van der Waals surface area contributed by atoms with Crippen molar-refractivity contribution < 1.29 is 51.4 Å². The Hall–Kier alpha value is -4.41. The number of nitrogens with two attached hydrogens (primary N) is 2. The van der Waals surface area contributed by atoms with Crippen LogP contribution in [0.1, 0.15) is 63.3 Å². The number of amidine groups is 1. The first-order valence-corrected chi connectivity index (χ1v) is 18.1. The summed E-state index contributed by atoms with van der Waals surface area (Å²) in [5.41, 5.74) is 8.54. The number of benzene rings is 1. The number of hydrogen-bond acceptors (Lipinski definition) is 16. The zero-order valence-electron chi connectivity index (χ0n) is 28.0. The van der Waals surface area contributed by atoms with E-state index in [1.54, 1.807) is 12.1 Å². The smallest absolute Gasteiger partial charge is 0.418 e. The number of oxime groups is 1. The molecule has 9 N–H and O–H groups in total. The number of aryl methyl sites for hydroxylation is 1. The highest BCUT2D eigenvalue weighted by Gasteiger charge is 2.58. The molecule has 0 spiro atoms. The van der Waals surface area contributed by atoms with Crippen molar-refractivity contribution >= 4 is 56.2 Å². The molecule has 0 saturated carbocycles. The molecule has 2 amide bonds. The van der Waals surface area contributed by atoms with Crippen LogP contribution in [0.3, 0.4) is 0 Å². The Balaban J connectivity index is 1.34. The van der Waals surface area contributed by atoms with Crippen LogP contribution in [0.25, 0.3) is 0 Å². The van der Waals surface area contributed by atoms with Crippen molar-refractivity contribution in [1.82, 2.24) is 20.7 Å². The van der Waals surface area contributed by atoms with Gasteiger partial charge < -0.3 is 41.9 Å². The SMILES string of the molecule is CC1(C)[C@H](NC(=O)/C(=N\O[C@](C)(C(=O)O)[C@H]2CCc3cc(C4=NC[C@](CCO)(CCCN)N4)ccc3O2)c2csc(N)n2)C(=O)N1OS(=O)(=O)O. The highest BCUT2D eigenvalue weighted by atomic mass is 32.3. The van der Waals surface area contributed by atoms with Gasteiger partial charge in [0, 0.05) is 17.6 Å². The number of nitrogens with one attached hydrogen (secondary N) is 2. The number of carboxylic acids is 1. The number of aliphatic hydroxyl groups excluding tert-OH is 1. The fourth-order valence-corrected chi connectivity index (χ4v) is 7.11. The van der Waals surface area contributed by atoms with E-state index < -0.39 is 57.2 Å². The van der Waals surface area contributed by atoms with E-state index in [0.717, 1.165) is 35.3 Å². The summed E-state index contributed by atoms with van der Waals surface area (Å²) in [4.78, 5) is 53.2. The first kappa shape index (κ1) is 37.8. The van der Waals surface area contributed by atoms with E-state index in [-0.39, 0.29) is 29.4 Å². The molecule has 2 aromatic rings. The lowest BCUT2D eigenvalue weighted by Gasteiger charge is -2.50. The lowest BCUT2D eigenvalue weighted by atomic mass is 9.84. The number of amides is 2. The molecule has 21 heteroatoms. The number of nitrogen functional groups attached to an aromatic ring is 1. The molecule has 3 aliphatic rings. The van der Waals surface area contributed by atoms with Gasteiger partial charge in [-0.05, 0) is 83.2 Å². The molecule has 0 unspecified atom stereocenters. The number of nitrogens with zero attached hydrogens (tertiary/aromatic N) is 4. The van der Waals surface area contributed by atoms with Crippen molar-refractivity contribution in [2.24, 2.45) is 15.9 Å². The lowest BCUT2D eigenvalue weighted by molar-refractivity contribution is -0.218. The number of rotatable bonds is 15. The Kier molecular flexibility index (Phi) is 10.6. The summed E-state index contributed by atoms with van der Waals surface area (Å²) in [6.07, 6.45) is 1.58. The summed E-state index contributed by atoms with van der Waals surface area (Å²) in [5.74, 6) is -2.36. The zero-order chi connectivity index (χ0) is 37.4. The number of anilines is 1. The maximum atomic E-state index is 13.5. The van der Waals surface area contributed by atoms with E-state index in [9.17, 15) is 33.0 Å². The molecular weight excluding hydrogens is 713 g/mol. The van der Waals surface area contributed by atoms with Gasteiger partial charge in [-0.15, -0.1) is 15.6 Å². The van der Waals surface area contributed by atoms with Gasteiger partial charge in [0.05, 0.1) is 17.6 Å². The quantitative estimate of drug-likeness (QED) is 0.0534. The number of aliphatic hydroxyl groups is 1. The number of fused-ring (bicyclic) bond motifs is 1. The van der Waals surface area contributed by atoms with E-state index in [1.807, 2.05) is 6.07 Å². The number of aromatic nitrogens is 1. The van der Waals surface area contributed by atoms with Crippen molar-refractivity contribution in [3.63, 3.8) is 0 Å². The van der Waals surface area contributed by atoms with Gasteiger partial charge in [-0.1, -0.05) is 5.16 Å². The number of aliphatic carboxylic acids is 1. The molecule has 1 fully saturated rings. The van der Waals surface area contributed by atoms with Crippen molar-refractivity contribution in [2.45, 2.75) is 81.7 Å². The fourth-order valence-electron chi connectivity index (χ4n) is 6.11. The van der Waals surface area contributed by atoms with Crippen LogP contribution in [0.4, 0.5) is 5.13 Å². The third kappa shape index (κ3) is 7.77. The van der Waals surface area contributed by atoms with Gasteiger partial charge in [0.1, 0.15) is 23.3 Å². The molecule has 1 aromatic heterocycles. The monoisotopic (exact) mass is 752 g/mol. The molecule has 4 heterocycles. The van der Waals surface area contributed by atoms with Crippen LogP contribution in [0.15, 0.2) is 33.7 Å². The van der Waals surface area contributed by atoms with E-state index in [1.165, 1.54) is 26.2 Å². The molecule has 0 bridgehead atoms. The third-order valence-corrected chi connectivity index (χ3v) is 10.1. The fraction of sp³-hybridized carbons (Fsp3) is 0.533. The second-order valence-corrected chi connectivity index (χ2v) is 15.0. The van der Waals surface area contributed by atoms with E-state index >= 15 is 0 Å². The van der Waals surface area contributed by atoms with Gasteiger partial charge in [-0.2, -0.15) is 13.5 Å². The van der Waals surface area contributed by atoms with Crippen LogP contribution in [0.5, 0.6) is 5.75 Å². The Morgan fingerprint density at radius 3 is 2.67 bits per heavy atom. The number of hydroxylamine groups is 2. The normalized spacial score (nSPS) is 24.0. The number of thiazole rings is 1. The number of carbonyl (C=O) groups excluding carboxylic acids is 2. The molecule has 278 valence electrons. The predicted molar refractivity (Wildman–Crippen MR) is 182 cm³/mol. The van der Waals surface area contributed by atoms with Crippen molar-refractivity contribution in [3.8, 4) is 5.75 Å². The first-order chi connectivity index (χ1) is 23.9. The van der Waals surface area contributed by atoms with Gasteiger partial charge in [-0.25, -0.2) is 9.78 Å². The molecule has 0 aliphatic carbocycles. The summed E-state index contributed by atoms with van der Waals surface area (Å²) in [6, 6.07) is 4.07. The molecule has 0 radical (unpaired) electrons. The molecule has 3 aliphatic heterocycles. The van der Waals surface area contributed by atoms with Gasteiger partial charge >= 0.3 is 16.4 Å². The Labute approximate surface area is 296 Å². The number of hydrogen-bond donors (Lipinski definition) is 7. The number of ether oxygens (including phenoxy) is 1. The molecular formula is C30H40N8O11S2. The first-order valence-electron chi connectivity index (χ1n) is 15.9. The Morgan fingerprint density at radius 1 is 1.31 bits per heavy atom. The summed E-state index contributed by atoms with van der Waals surface area (Å²) in [7, 11) is -5.04. The number of carbonyl (C=O) groups is 3. The summed E-state index contributed by atoms with van der Waals surface area (Å²) >= 11 is 0.962. The average molecular weight is 753 g/mol. The van der Waals surface area contributed by atoms with Crippen LogP contribution >= 0.6 is 11.3 Å².